The second kappa shape index (κ2) is 3.67. The van der Waals surface area contributed by atoms with Crippen LogP contribution in [0.2, 0.25) is 0 Å². The summed E-state index contributed by atoms with van der Waals surface area (Å²) in [6.07, 6.45) is 1.01. The van der Waals surface area contributed by atoms with E-state index in [2.05, 4.69) is 4.98 Å². The molecule has 1 aromatic heterocycles. The van der Waals surface area contributed by atoms with Gasteiger partial charge in [-0.3, -0.25) is 4.79 Å². The Morgan fingerprint density at radius 3 is 3.12 bits per heavy atom. The molecule has 2 aromatic rings. The topological polar surface area (TPSA) is 55.1 Å². The van der Waals surface area contributed by atoms with Crippen molar-refractivity contribution in [2.24, 2.45) is 0 Å². The lowest BCUT2D eigenvalue weighted by Gasteiger charge is -2.24. The number of hydrogen-bond donors (Lipinski definition) is 1. The zero-order valence-corrected chi connectivity index (χ0v) is 9.68. The van der Waals surface area contributed by atoms with Crippen molar-refractivity contribution in [1.82, 2.24) is 9.55 Å². The van der Waals surface area contributed by atoms with Crippen LogP contribution in [0.1, 0.15) is 17.8 Å². The van der Waals surface area contributed by atoms with Gasteiger partial charge in [0.05, 0.1) is 23.6 Å². The van der Waals surface area contributed by atoms with Gasteiger partial charge >= 0.3 is 0 Å². The Kier molecular flexibility index (Phi) is 2.26. The Hall–Kier alpha value is -1.68. The molecule has 0 bridgehead atoms. The molecular weight excluding hydrogens is 216 g/mol. The number of aliphatic hydroxyl groups is 1. The van der Waals surface area contributed by atoms with E-state index in [4.69, 9.17) is 0 Å². The molecule has 0 radical (unpaired) electrons. The zero-order valence-electron chi connectivity index (χ0n) is 9.68. The molecule has 1 N–H and O–H groups in total. The van der Waals surface area contributed by atoms with E-state index in [0.717, 1.165) is 16.9 Å². The van der Waals surface area contributed by atoms with Gasteiger partial charge < -0.3 is 9.67 Å². The number of nitrogens with zero attached hydrogens (tertiary/aromatic N) is 2. The molecule has 3 rings (SSSR count). The van der Waals surface area contributed by atoms with E-state index in [1.54, 1.807) is 0 Å². The number of aliphatic hydroxyl groups excluding tert-OH is 1. The van der Waals surface area contributed by atoms with Gasteiger partial charge in [-0.15, -0.1) is 0 Å². The minimum atomic E-state index is -0.337. The Morgan fingerprint density at radius 1 is 1.47 bits per heavy atom. The van der Waals surface area contributed by atoms with Crippen molar-refractivity contribution >= 4 is 10.9 Å². The molecule has 1 aliphatic heterocycles. The zero-order chi connectivity index (χ0) is 12.0. The van der Waals surface area contributed by atoms with Crippen molar-refractivity contribution in [3.05, 3.63) is 39.9 Å². The van der Waals surface area contributed by atoms with Crippen LogP contribution in [0, 0.1) is 6.92 Å². The summed E-state index contributed by atoms with van der Waals surface area (Å²) in [5.74, 6) is 0.790. The van der Waals surface area contributed by atoms with E-state index in [0.29, 0.717) is 24.8 Å². The molecule has 0 amide bonds. The van der Waals surface area contributed by atoms with E-state index >= 15 is 0 Å². The number of rotatable bonds is 0. The lowest BCUT2D eigenvalue weighted by molar-refractivity contribution is 0.131. The molecule has 1 aromatic carbocycles. The minimum Gasteiger partial charge on any atom is -0.391 e. The first-order chi connectivity index (χ1) is 8.16. The van der Waals surface area contributed by atoms with Crippen molar-refractivity contribution in [1.29, 1.82) is 0 Å². The van der Waals surface area contributed by atoms with Crippen LogP contribution >= 0.6 is 0 Å². The van der Waals surface area contributed by atoms with Crippen LogP contribution < -0.4 is 5.56 Å². The van der Waals surface area contributed by atoms with Crippen molar-refractivity contribution < 1.29 is 5.11 Å². The molecule has 1 atom stereocenters. The van der Waals surface area contributed by atoms with Crippen LogP contribution in [0.4, 0.5) is 0 Å². The highest BCUT2D eigenvalue weighted by Crippen LogP contribution is 2.20. The van der Waals surface area contributed by atoms with Gasteiger partial charge in [0.2, 0.25) is 0 Å². The summed E-state index contributed by atoms with van der Waals surface area (Å²) < 4.78 is 1.97. The van der Waals surface area contributed by atoms with Crippen LogP contribution in [0.15, 0.2) is 23.0 Å². The summed E-state index contributed by atoms with van der Waals surface area (Å²) >= 11 is 0. The first kappa shape index (κ1) is 10.5. The SMILES string of the molecule is Cc1cccc2c1c(=O)nc1n2CC(O)CC1. The van der Waals surface area contributed by atoms with Gasteiger partial charge in [-0.2, -0.15) is 4.98 Å². The van der Waals surface area contributed by atoms with Crippen LogP contribution in [0.3, 0.4) is 0 Å². The van der Waals surface area contributed by atoms with Crippen molar-refractivity contribution in [3.63, 3.8) is 0 Å². The molecule has 0 aliphatic carbocycles. The van der Waals surface area contributed by atoms with E-state index < -0.39 is 0 Å². The third-order valence-corrected chi connectivity index (χ3v) is 3.39. The second-order valence-electron chi connectivity index (χ2n) is 4.61. The average Bonchev–Trinajstić information content (AvgIpc) is 2.30. The van der Waals surface area contributed by atoms with E-state index in [-0.39, 0.29) is 11.7 Å². The van der Waals surface area contributed by atoms with Crippen molar-refractivity contribution in [2.45, 2.75) is 32.4 Å². The van der Waals surface area contributed by atoms with E-state index in [1.807, 2.05) is 29.7 Å². The number of fused-ring (bicyclic) bond motifs is 3. The normalized spacial score (nSPS) is 19.3. The van der Waals surface area contributed by atoms with Crippen molar-refractivity contribution in [3.8, 4) is 0 Å². The van der Waals surface area contributed by atoms with E-state index in [1.165, 1.54) is 0 Å². The Bertz CT molecular complexity index is 646. The predicted octanol–water partition coefficient (Wildman–Crippen LogP) is 1.01. The summed E-state index contributed by atoms with van der Waals surface area (Å²) in [7, 11) is 0. The lowest BCUT2D eigenvalue weighted by atomic mass is 10.1. The Morgan fingerprint density at radius 2 is 2.29 bits per heavy atom. The third kappa shape index (κ3) is 1.56. The lowest BCUT2D eigenvalue weighted by Crippen LogP contribution is -2.30. The van der Waals surface area contributed by atoms with Crippen LogP contribution in [0.5, 0.6) is 0 Å². The quantitative estimate of drug-likeness (QED) is 0.735. The van der Waals surface area contributed by atoms with Gasteiger partial charge in [0.15, 0.2) is 0 Å². The van der Waals surface area contributed by atoms with Gasteiger partial charge in [0.25, 0.3) is 5.56 Å². The molecule has 0 fully saturated rings. The fourth-order valence-corrected chi connectivity index (χ4v) is 2.52. The number of benzene rings is 1. The summed E-state index contributed by atoms with van der Waals surface area (Å²) in [6, 6.07) is 5.77. The summed E-state index contributed by atoms with van der Waals surface area (Å²) in [5.41, 5.74) is 1.68. The first-order valence-corrected chi connectivity index (χ1v) is 5.84. The summed E-state index contributed by atoms with van der Waals surface area (Å²) in [6.45, 7) is 2.44. The maximum absolute atomic E-state index is 12.0. The molecule has 0 saturated carbocycles. The van der Waals surface area contributed by atoms with Gasteiger partial charge in [-0.25, -0.2) is 0 Å². The van der Waals surface area contributed by atoms with Crippen molar-refractivity contribution in [2.75, 3.05) is 0 Å². The highest BCUT2D eigenvalue weighted by atomic mass is 16.3. The molecule has 4 heteroatoms. The van der Waals surface area contributed by atoms with Gasteiger partial charge in [0.1, 0.15) is 5.82 Å². The van der Waals surface area contributed by atoms with Crippen LogP contribution in [0.25, 0.3) is 10.9 Å². The maximum atomic E-state index is 12.0. The standard InChI is InChI=1S/C13H14N2O2/c1-8-3-2-4-10-12(8)13(17)14-11-6-5-9(16)7-15(10)11/h2-4,9,16H,5-7H2,1H3. The molecule has 0 saturated heterocycles. The predicted molar refractivity (Wildman–Crippen MR) is 65.1 cm³/mol. The second-order valence-corrected chi connectivity index (χ2v) is 4.61. The van der Waals surface area contributed by atoms with Gasteiger partial charge in [0, 0.05) is 6.42 Å². The molecule has 88 valence electrons. The molecule has 1 unspecified atom stereocenters. The largest absolute Gasteiger partial charge is 0.391 e. The highest BCUT2D eigenvalue weighted by Gasteiger charge is 2.19. The van der Waals surface area contributed by atoms with E-state index in [9.17, 15) is 9.90 Å². The molecular formula is C13H14N2O2. The number of hydrogen-bond acceptors (Lipinski definition) is 3. The van der Waals surface area contributed by atoms with Gasteiger partial charge in [-0.05, 0) is 25.0 Å². The number of aromatic nitrogens is 2. The van der Waals surface area contributed by atoms with Crippen LogP contribution in [-0.2, 0) is 13.0 Å². The maximum Gasteiger partial charge on any atom is 0.281 e. The summed E-state index contributed by atoms with van der Waals surface area (Å²) in [4.78, 5) is 16.1. The molecule has 1 aliphatic rings. The third-order valence-electron chi connectivity index (χ3n) is 3.39. The Balaban J connectivity index is 2.41. The smallest absolute Gasteiger partial charge is 0.281 e. The fraction of sp³-hybridized carbons (Fsp3) is 0.385. The molecule has 0 spiro atoms. The first-order valence-electron chi connectivity index (χ1n) is 5.84. The average molecular weight is 230 g/mol. The monoisotopic (exact) mass is 230 g/mol. The number of aryl methyl sites for hydroxylation is 2. The fourth-order valence-electron chi connectivity index (χ4n) is 2.52. The molecule has 2 heterocycles. The molecule has 4 nitrogen and oxygen atoms in total. The minimum absolute atomic E-state index is 0.152. The Labute approximate surface area is 98.5 Å². The summed E-state index contributed by atoms with van der Waals surface area (Å²) in [5, 5.41) is 10.4. The highest BCUT2D eigenvalue weighted by molar-refractivity contribution is 5.81. The molecule has 17 heavy (non-hydrogen) atoms. The van der Waals surface area contributed by atoms with Gasteiger partial charge in [-0.1, -0.05) is 12.1 Å². The van der Waals surface area contributed by atoms with Crippen LogP contribution in [-0.4, -0.2) is 20.8 Å².